The van der Waals surface area contributed by atoms with Crippen molar-refractivity contribution in [3.63, 3.8) is 0 Å². The SMILES string of the molecule is CC(=O)Nc1ccc(NC(=O)c2ccccc2NC(=O)N2CCOCC2)cc1. The van der Waals surface area contributed by atoms with E-state index >= 15 is 0 Å². The molecule has 1 heterocycles. The van der Waals surface area contributed by atoms with Crippen LogP contribution in [0, 0.1) is 0 Å². The number of benzene rings is 2. The fraction of sp³-hybridized carbons (Fsp3) is 0.250. The third-order valence-electron chi connectivity index (χ3n) is 4.17. The van der Waals surface area contributed by atoms with Gasteiger partial charge in [-0.25, -0.2) is 4.79 Å². The van der Waals surface area contributed by atoms with Crippen LogP contribution in [0.25, 0.3) is 0 Å². The second-order valence-electron chi connectivity index (χ2n) is 6.29. The van der Waals surface area contributed by atoms with Crippen molar-refractivity contribution in [3.8, 4) is 0 Å². The molecule has 4 amide bonds. The molecule has 1 fully saturated rings. The van der Waals surface area contributed by atoms with Crippen LogP contribution in [-0.4, -0.2) is 49.0 Å². The third-order valence-corrected chi connectivity index (χ3v) is 4.17. The molecule has 8 heteroatoms. The van der Waals surface area contributed by atoms with E-state index in [9.17, 15) is 14.4 Å². The summed E-state index contributed by atoms with van der Waals surface area (Å²) in [5.41, 5.74) is 2.01. The van der Waals surface area contributed by atoms with Crippen molar-refractivity contribution in [2.24, 2.45) is 0 Å². The maximum absolute atomic E-state index is 12.7. The highest BCUT2D eigenvalue weighted by molar-refractivity contribution is 6.10. The van der Waals surface area contributed by atoms with E-state index in [1.54, 1.807) is 53.4 Å². The first kappa shape index (κ1) is 19.4. The number of hydrogen-bond acceptors (Lipinski definition) is 4. The number of para-hydroxylation sites is 1. The number of nitrogens with zero attached hydrogens (tertiary/aromatic N) is 1. The molecule has 8 nitrogen and oxygen atoms in total. The van der Waals surface area contributed by atoms with Gasteiger partial charge in [0, 0.05) is 31.4 Å². The molecule has 0 bridgehead atoms. The van der Waals surface area contributed by atoms with Crippen LogP contribution < -0.4 is 16.0 Å². The molecule has 3 rings (SSSR count). The predicted octanol–water partition coefficient (Wildman–Crippen LogP) is 2.76. The molecule has 0 aliphatic carbocycles. The molecule has 1 aliphatic heterocycles. The summed E-state index contributed by atoms with van der Waals surface area (Å²) in [6, 6.07) is 13.3. The molecule has 146 valence electrons. The quantitative estimate of drug-likeness (QED) is 0.757. The summed E-state index contributed by atoms with van der Waals surface area (Å²) in [5, 5.41) is 8.26. The van der Waals surface area contributed by atoms with Gasteiger partial charge >= 0.3 is 6.03 Å². The Hall–Kier alpha value is -3.39. The molecule has 0 radical (unpaired) electrons. The molecule has 1 saturated heterocycles. The van der Waals surface area contributed by atoms with Crippen LogP contribution in [0.5, 0.6) is 0 Å². The molecule has 0 aromatic heterocycles. The Morgan fingerprint density at radius 1 is 0.857 bits per heavy atom. The van der Waals surface area contributed by atoms with E-state index < -0.39 is 0 Å². The number of amides is 4. The average Bonchev–Trinajstić information content (AvgIpc) is 2.70. The van der Waals surface area contributed by atoms with Crippen molar-refractivity contribution in [3.05, 3.63) is 54.1 Å². The summed E-state index contributed by atoms with van der Waals surface area (Å²) in [6.07, 6.45) is 0. The van der Waals surface area contributed by atoms with Crippen molar-refractivity contribution in [2.75, 3.05) is 42.3 Å². The van der Waals surface area contributed by atoms with Gasteiger partial charge in [-0.15, -0.1) is 0 Å². The Morgan fingerprint density at radius 3 is 2.11 bits per heavy atom. The first-order valence-electron chi connectivity index (χ1n) is 8.94. The highest BCUT2D eigenvalue weighted by Crippen LogP contribution is 2.19. The number of anilines is 3. The first-order valence-corrected chi connectivity index (χ1v) is 8.94. The lowest BCUT2D eigenvalue weighted by atomic mass is 10.1. The van der Waals surface area contributed by atoms with Crippen LogP contribution in [0.4, 0.5) is 21.9 Å². The van der Waals surface area contributed by atoms with Gasteiger partial charge in [-0.05, 0) is 36.4 Å². The van der Waals surface area contributed by atoms with Crippen molar-refractivity contribution in [1.82, 2.24) is 4.90 Å². The Balaban J connectivity index is 1.68. The second kappa shape index (κ2) is 9.01. The standard InChI is InChI=1S/C20H22N4O4/c1-14(25)21-15-6-8-16(9-7-15)22-19(26)17-4-2-3-5-18(17)23-20(27)24-10-12-28-13-11-24/h2-9H,10-13H2,1H3,(H,21,25)(H,22,26)(H,23,27). The summed E-state index contributed by atoms with van der Waals surface area (Å²) in [5.74, 6) is -0.508. The van der Waals surface area contributed by atoms with Gasteiger partial charge in [0.25, 0.3) is 5.91 Å². The van der Waals surface area contributed by atoms with Gasteiger partial charge in [0.1, 0.15) is 0 Å². The molecule has 0 unspecified atom stereocenters. The number of urea groups is 1. The van der Waals surface area contributed by atoms with Crippen molar-refractivity contribution in [1.29, 1.82) is 0 Å². The highest BCUT2D eigenvalue weighted by Gasteiger charge is 2.19. The van der Waals surface area contributed by atoms with E-state index in [0.717, 1.165) is 0 Å². The zero-order chi connectivity index (χ0) is 19.9. The van der Waals surface area contributed by atoms with E-state index in [4.69, 9.17) is 4.74 Å². The number of morpholine rings is 1. The van der Waals surface area contributed by atoms with E-state index in [-0.39, 0.29) is 17.8 Å². The van der Waals surface area contributed by atoms with E-state index in [1.807, 2.05) is 0 Å². The van der Waals surface area contributed by atoms with E-state index in [2.05, 4.69) is 16.0 Å². The normalized spacial score (nSPS) is 13.5. The summed E-state index contributed by atoms with van der Waals surface area (Å²) in [7, 11) is 0. The van der Waals surface area contributed by atoms with Crippen LogP contribution in [0.2, 0.25) is 0 Å². The van der Waals surface area contributed by atoms with Gasteiger partial charge in [-0.3, -0.25) is 9.59 Å². The Bertz CT molecular complexity index is 861. The van der Waals surface area contributed by atoms with Crippen molar-refractivity contribution >= 4 is 34.9 Å². The Kier molecular flexibility index (Phi) is 6.23. The topological polar surface area (TPSA) is 99.8 Å². The monoisotopic (exact) mass is 382 g/mol. The number of ether oxygens (including phenoxy) is 1. The largest absolute Gasteiger partial charge is 0.378 e. The van der Waals surface area contributed by atoms with Crippen LogP contribution in [0.1, 0.15) is 17.3 Å². The maximum atomic E-state index is 12.7. The van der Waals surface area contributed by atoms with Gasteiger partial charge in [0.2, 0.25) is 5.91 Å². The molecular formula is C20H22N4O4. The van der Waals surface area contributed by atoms with Crippen molar-refractivity contribution in [2.45, 2.75) is 6.92 Å². The zero-order valence-electron chi connectivity index (χ0n) is 15.5. The van der Waals surface area contributed by atoms with Gasteiger partial charge in [0.15, 0.2) is 0 Å². The lowest BCUT2D eigenvalue weighted by Crippen LogP contribution is -2.43. The molecular weight excluding hydrogens is 360 g/mol. The van der Waals surface area contributed by atoms with Crippen LogP contribution in [0.15, 0.2) is 48.5 Å². The smallest absolute Gasteiger partial charge is 0.322 e. The first-order chi connectivity index (χ1) is 13.5. The average molecular weight is 382 g/mol. The number of nitrogens with one attached hydrogen (secondary N) is 3. The van der Waals surface area contributed by atoms with E-state index in [0.29, 0.717) is 48.9 Å². The van der Waals surface area contributed by atoms with Crippen LogP contribution >= 0.6 is 0 Å². The maximum Gasteiger partial charge on any atom is 0.322 e. The molecule has 2 aromatic rings. The lowest BCUT2D eigenvalue weighted by molar-refractivity contribution is -0.114. The summed E-state index contributed by atoms with van der Waals surface area (Å²) >= 11 is 0. The summed E-state index contributed by atoms with van der Waals surface area (Å²) < 4.78 is 5.25. The molecule has 28 heavy (non-hydrogen) atoms. The predicted molar refractivity (Wildman–Crippen MR) is 107 cm³/mol. The van der Waals surface area contributed by atoms with Gasteiger partial charge < -0.3 is 25.6 Å². The second-order valence-corrected chi connectivity index (χ2v) is 6.29. The number of carbonyl (C=O) groups excluding carboxylic acids is 3. The minimum absolute atomic E-state index is 0.165. The summed E-state index contributed by atoms with van der Waals surface area (Å²) in [6.45, 7) is 3.47. The number of rotatable bonds is 4. The van der Waals surface area contributed by atoms with Crippen LogP contribution in [0.3, 0.4) is 0 Å². The zero-order valence-corrected chi connectivity index (χ0v) is 15.5. The Morgan fingerprint density at radius 2 is 1.46 bits per heavy atom. The third kappa shape index (κ3) is 5.08. The number of carbonyl (C=O) groups is 3. The minimum atomic E-state index is -0.342. The van der Waals surface area contributed by atoms with Gasteiger partial charge in [-0.1, -0.05) is 12.1 Å². The summed E-state index contributed by atoms with van der Waals surface area (Å²) in [4.78, 5) is 37.8. The molecule has 0 spiro atoms. The molecule has 0 atom stereocenters. The van der Waals surface area contributed by atoms with E-state index in [1.165, 1.54) is 6.92 Å². The lowest BCUT2D eigenvalue weighted by Gasteiger charge is -2.27. The fourth-order valence-corrected chi connectivity index (χ4v) is 2.79. The molecule has 2 aromatic carbocycles. The molecule has 1 aliphatic rings. The van der Waals surface area contributed by atoms with Crippen molar-refractivity contribution < 1.29 is 19.1 Å². The highest BCUT2D eigenvalue weighted by atomic mass is 16.5. The Labute approximate surface area is 162 Å². The van der Waals surface area contributed by atoms with Crippen LogP contribution in [-0.2, 0) is 9.53 Å². The fourth-order valence-electron chi connectivity index (χ4n) is 2.79. The minimum Gasteiger partial charge on any atom is -0.378 e. The number of hydrogen-bond donors (Lipinski definition) is 3. The van der Waals surface area contributed by atoms with Gasteiger partial charge in [0.05, 0.1) is 24.5 Å². The van der Waals surface area contributed by atoms with Gasteiger partial charge in [-0.2, -0.15) is 0 Å². The molecule has 0 saturated carbocycles. The molecule has 3 N–H and O–H groups in total.